The first-order chi connectivity index (χ1) is 14.0. The van der Waals surface area contributed by atoms with E-state index >= 15 is 0 Å². The Morgan fingerprint density at radius 3 is 2.97 bits per heavy atom. The van der Waals surface area contributed by atoms with E-state index in [1.165, 1.54) is 16.6 Å². The summed E-state index contributed by atoms with van der Waals surface area (Å²) in [6, 6.07) is 7.85. The quantitative estimate of drug-likeness (QED) is 0.386. The Kier molecular flexibility index (Phi) is 5.43. The molecule has 0 aliphatic heterocycles. The first kappa shape index (κ1) is 19.7. The van der Waals surface area contributed by atoms with Gasteiger partial charge in [0.2, 0.25) is 5.91 Å². The number of hydrogen-bond acceptors (Lipinski definition) is 6. The molecule has 6 nitrogen and oxygen atoms in total. The van der Waals surface area contributed by atoms with Crippen LogP contribution in [0.15, 0.2) is 28.2 Å². The maximum absolute atomic E-state index is 13.6. The molecule has 0 saturated heterocycles. The molecular weight excluding hydrogens is 404 g/mol. The molecule has 3 aromatic rings. The van der Waals surface area contributed by atoms with E-state index in [9.17, 15) is 9.59 Å². The molecule has 1 amide bonds. The number of hydrogen-bond donors (Lipinski definition) is 1. The SMILES string of the molecule is Cc1ccc(-n2c(SCC(=O)NCC#N)nc3sc4c(c3c2=O)CCC4)c(C)c1. The fourth-order valence-electron chi connectivity index (χ4n) is 3.71. The lowest BCUT2D eigenvalue weighted by atomic mass is 10.1. The molecule has 1 aromatic carbocycles. The van der Waals surface area contributed by atoms with Gasteiger partial charge in [-0.3, -0.25) is 14.2 Å². The van der Waals surface area contributed by atoms with E-state index in [2.05, 4.69) is 5.32 Å². The fourth-order valence-corrected chi connectivity index (χ4v) is 5.85. The molecule has 1 N–H and O–H groups in total. The zero-order valence-electron chi connectivity index (χ0n) is 16.2. The molecule has 8 heteroatoms. The summed E-state index contributed by atoms with van der Waals surface area (Å²) < 4.78 is 1.64. The molecule has 1 aliphatic carbocycles. The normalized spacial score (nSPS) is 12.7. The third-order valence-corrected chi connectivity index (χ3v) is 7.12. The number of rotatable bonds is 5. The number of carbonyl (C=O) groups is 1. The molecule has 2 heterocycles. The lowest BCUT2D eigenvalue weighted by Crippen LogP contribution is -2.27. The molecule has 29 heavy (non-hydrogen) atoms. The number of thiophene rings is 1. The van der Waals surface area contributed by atoms with Crippen molar-refractivity contribution in [1.29, 1.82) is 5.26 Å². The molecule has 0 bridgehead atoms. The van der Waals surface area contributed by atoms with Crippen molar-refractivity contribution in [3.05, 3.63) is 50.1 Å². The number of amides is 1. The highest BCUT2D eigenvalue weighted by Crippen LogP contribution is 2.36. The highest BCUT2D eigenvalue weighted by molar-refractivity contribution is 7.99. The molecule has 0 radical (unpaired) electrons. The Morgan fingerprint density at radius 2 is 2.21 bits per heavy atom. The minimum atomic E-state index is -0.258. The minimum absolute atomic E-state index is 0.0343. The second kappa shape index (κ2) is 8.01. The van der Waals surface area contributed by atoms with E-state index in [1.807, 2.05) is 38.1 Å². The summed E-state index contributed by atoms with van der Waals surface area (Å²) in [5.74, 6) is -0.165. The summed E-state index contributed by atoms with van der Waals surface area (Å²) in [6.07, 6.45) is 3.00. The molecule has 0 spiro atoms. The molecule has 2 aromatic heterocycles. The number of carbonyl (C=O) groups excluding carboxylic acids is 1. The van der Waals surface area contributed by atoms with E-state index in [4.69, 9.17) is 10.2 Å². The first-order valence-electron chi connectivity index (χ1n) is 9.41. The number of nitriles is 1. The first-order valence-corrected chi connectivity index (χ1v) is 11.2. The third-order valence-electron chi connectivity index (χ3n) is 5.00. The van der Waals surface area contributed by atoms with Crippen LogP contribution in [0.3, 0.4) is 0 Å². The lowest BCUT2D eigenvalue weighted by molar-refractivity contribution is -0.118. The van der Waals surface area contributed by atoms with Gasteiger partial charge < -0.3 is 5.32 Å². The maximum atomic E-state index is 13.6. The van der Waals surface area contributed by atoms with Gasteiger partial charge in [0, 0.05) is 4.88 Å². The Morgan fingerprint density at radius 1 is 1.38 bits per heavy atom. The molecular formula is C21H20N4O2S2. The van der Waals surface area contributed by atoms with Crippen molar-refractivity contribution in [2.45, 2.75) is 38.3 Å². The van der Waals surface area contributed by atoms with Crippen molar-refractivity contribution < 1.29 is 4.79 Å². The number of thioether (sulfide) groups is 1. The van der Waals surface area contributed by atoms with Crippen LogP contribution in [-0.2, 0) is 17.6 Å². The van der Waals surface area contributed by atoms with Crippen molar-refractivity contribution in [1.82, 2.24) is 14.9 Å². The summed E-state index contributed by atoms with van der Waals surface area (Å²) in [4.78, 5) is 32.4. The van der Waals surface area contributed by atoms with Crippen LogP contribution in [0.2, 0.25) is 0 Å². The molecule has 0 unspecified atom stereocenters. The van der Waals surface area contributed by atoms with Crippen LogP contribution in [-0.4, -0.2) is 27.8 Å². The van der Waals surface area contributed by atoms with Crippen molar-refractivity contribution >= 4 is 39.2 Å². The van der Waals surface area contributed by atoms with Gasteiger partial charge in [0.15, 0.2) is 5.16 Å². The molecule has 0 fully saturated rings. The van der Waals surface area contributed by atoms with E-state index in [0.29, 0.717) is 5.16 Å². The number of fused-ring (bicyclic) bond motifs is 3. The average Bonchev–Trinajstić information content (AvgIpc) is 3.26. The van der Waals surface area contributed by atoms with Gasteiger partial charge in [0.25, 0.3) is 5.56 Å². The zero-order chi connectivity index (χ0) is 20.5. The Balaban J connectivity index is 1.85. The van der Waals surface area contributed by atoms with Crippen molar-refractivity contribution in [2.75, 3.05) is 12.3 Å². The average molecular weight is 425 g/mol. The van der Waals surface area contributed by atoms with Crippen LogP contribution in [0, 0.1) is 25.2 Å². The van der Waals surface area contributed by atoms with Gasteiger partial charge in [0.05, 0.1) is 22.9 Å². The van der Waals surface area contributed by atoms with Crippen LogP contribution in [0.4, 0.5) is 0 Å². The Labute approximate surface area is 176 Å². The topological polar surface area (TPSA) is 87.8 Å². The number of benzene rings is 1. The smallest absolute Gasteiger partial charge is 0.267 e. The lowest BCUT2D eigenvalue weighted by Gasteiger charge is -2.15. The van der Waals surface area contributed by atoms with Gasteiger partial charge in [0.1, 0.15) is 11.4 Å². The summed E-state index contributed by atoms with van der Waals surface area (Å²) >= 11 is 2.81. The Hall–Kier alpha value is -2.63. The van der Waals surface area contributed by atoms with E-state index in [1.54, 1.807) is 15.9 Å². The maximum Gasteiger partial charge on any atom is 0.267 e. The van der Waals surface area contributed by atoms with Crippen molar-refractivity contribution in [2.24, 2.45) is 0 Å². The molecule has 1 aliphatic rings. The number of aromatic nitrogens is 2. The van der Waals surface area contributed by atoms with Crippen LogP contribution in [0.25, 0.3) is 15.9 Å². The largest absolute Gasteiger partial charge is 0.342 e. The van der Waals surface area contributed by atoms with E-state index in [0.717, 1.165) is 51.9 Å². The summed E-state index contributed by atoms with van der Waals surface area (Å²) in [6.45, 7) is 3.96. The molecule has 0 saturated carbocycles. The van der Waals surface area contributed by atoms with Gasteiger partial charge in [-0.25, -0.2) is 4.98 Å². The standard InChI is InChI=1S/C21H20N4O2S2/c1-12-6-7-15(13(2)10-12)25-20(27)18-14-4-3-5-16(14)29-19(18)24-21(25)28-11-17(26)23-9-8-22/h6-7,10H,3-5,9,11H2,1-2H3,(H,23,26). The third kappa shape index (κ3) is 3.68. The predicted molar refractivity (Wildman–Crippen MR) is 116 cm³/mol. The van der Waals surface area contributed by atoms with Crippen LogP contribution < -0.4 is 10.9 Å². The number of nitrogens with zero attached hydrogens (tertiary/aromatic N) is 3. The molecule has 4 rings (SSSR count). The van der Waals surface area contributed by atoms with Gasteiger partial charge in [-0.15, -0.1) is 11.3 Å². The fraction of sp³-hybridized carbons (Fsp3) is 0.333. The van der Waals surface area contributed by atoms with Gasteiger partial charge in [-0.05, 0) is 50.3 Å². The van der Waals surface area contributed by atoms with E-state index in [-0.39, 0.29) is 23.8 Å². The Bertz CT molecular complexity index is 1220. The summed E-state index contributed by atoms with van der Waals surface area (Å²) in [7, 11) is 0. The molecule has 0 atom stereocenters. The van der Waals surface area contributed by atoms with Crippen molar-refractivity contribution in [3.63, 3.8) is 0 Å². The zero-order valence-corrected chi connectivity index (χ0v) is 17.9. The summed E-state index contributed by atoms with van der Waals surface area (Å²) in [5, 5.41) is 12.4. The van der Waals surface area contributed by atoms with Crippen LogP contribution >= 0.6 is 23.1 Å². The molecule has 148 valence electrons. The second-order valence-electron chi connectivity index (χ2n) is 7.09. The predicted octanol–water partition coefficient (Wildman–Crippen LogP) is 3.28. The minimum Gasteiger partial charge on any atom is -0.342 e. The van der Waals surface area contributed by atoms with Crippen LogP contribution in [0.5, 0.6) is 0 Å². The van der Waals surface area contributed by atoms with Gasteiger partial charge in [-0.1, -0.05) is 29.5 Å². The number of nitrogens with one attached hydrogen (secondary N) is 1. The van der Waals surface area contributed by atoms with Gasteiger partial charge in [-0.2, -0.15) is 5.26 Å². The van der Waals surface area contributed by atoms with E-state index < -0.39 is 0 Å². The number of aryl methyl sites for hydroxylation is 4. The second-order valence-corrected chi connectivity index (χ2v) is 9.11. The van der Waals surface area contributed by atoms with Gasteiger partial charge >= 0.3 is 0 Å². The monoisotopic (exact) mass is 424 g/mol. The summed E-state index contributed by atoms with van der Waals surface area (Å²) in [5.41, 5.74) is 3.96. The van der Waals surface area contributed by atoms with Crippen LogP contribution in [0.1, 0.15) is 28.0 Å². The highest BCUT2D eigenvalue weighted by Gasteiger charge is 2.24. The van der Waals surface area contributed by atoms with Crippen molar-refractivity contribution in [3.8, 4) is 11.8 Å². The highest BCUT2D eigenvalue weighted by atomic mass is 32.2.